The number of aliphatic hydroxyl groups excluding tert-OH is 2. The minimum Gasteiger partial charge on any atom is -1.00 e. The van der Waals surface area contributed by atoms with Crippen molar-refractivity contribution in [1.82, 2.24) is 0 Å². The van der Waals surface area contributed by atoms with Crippen LogP contribution in [0.15, 0.2) is 0 Å². The first-order valence-corrected chi connectivity index (χ1v) is 2.28. The quantitative estimate of drug-likeness (QED) is 0.401. The van der Waals surface area contributed by atoms with Gasteiger partial charge in [-0.05, 0) is 0 Å². The molecular weight excluding hydrogens is 216 g/mol. The molecule has 2 atom stereocenters. The number of carboxylic acids is 2. The van der Waals surface area contributed by atoms with Crippen molar-refractivity contribution in [1.29, 1.82) is 0 Å². The molecule has 0 aromatic rings. The van der Waals surface area contributed by atoms with E-state index in [-0.39, 0.29) is 47.6 Å². The van der Waals surface area contributed by atoms with Gasteiger partial charge < -0.3 is 23.3 Å². The Kier molecular flexibility index (Phi) is 12.1. The van der Waals surface area contributed by atoms with Crippen molar-refractivity contribution in [2.24, 2.45) is 0 Å². The Bertz CT molecular complexity index is 152. The Labute approximate surface area is 102 Å². The van der Waals surface area contributed by atoms with Crippen molar-refractivity contribution in [3.8, 4) is 0 Å². The van der Waals surface area contributed by atoms with E-state index in [0.29, 0.717) is 0 Å². The summed E-state index contributed by atoms with van der Waals surface area (Å²) in [7, 11) is 0. The van der Waals surface area contributed by atoms with Gasteiger partial charge in [-0.25, -0.2) is 9.59 Å². The smallest absolute Gasteiger partial charge is 1.00 e. The van der Waals surface area contributed by atoms with Gasteiger partial charge in [0.15, 0.2) is 12.2 Å². The fourth-order valence-electron chi connectivity index (χ4n) is 0.270. The van der Waals surface area contributed by atoms with Crippen LogP contribution in [0, 0.1) is 0 Å². The molecule has 0 aromatic heterocycles. The van der Waals surface area contributed by atoms with Gasteiger partial charge in [0.2, 0.25) is 0 Å². The fraction of sp³-hybridized carbons (Fsp3) is 0.500. The summed E-state index contributed by atoms with van der Waals surface area (Å²) in [6, 6.07) is 0. The Hall–Kier alpha value is 0.341. The van der Waals surface area contributed by atoms with Crippen molar-refractivity contribution in [2.45, 2.75) is 12.2 Å². The predicted octanol–water partition coefficient (Wildman–Crippen LogP) is -2.28. The molecule has 0 saturated heterocycles. The molecule has 12 heavy (non-hydrogen) atoms. The van der Waals surface area contributed by atoms with E-state index in [1.54, 1.807) is 0 Å². The fourth-order valence-corrected chi connectivity index (χ4v) is 0.270. The maximum atomic E-state index is 9.77. The molecule has 0 saturated carbocycles. The molecule has 0 spiro atoms. The second kappa shape index (κ2) is 7.96. The predicted molar refractivity (Wildman–Crippen MR) is 35.3 cm³/mol. The van der Waals surface area contributed by atoms with Crippen molar-refractivity contribution in [3.63, 3.8) is 0 Å². The van der Waals surface area contributed by atoms with Crippen LogP contribution in [0.5, 0.6) is 0 Å². The second-order valence-corrected chi connectivity index (χ2v) is 1.57. The van der Waals surface area contributed by atoms with E-state index in [4.69, 9.17) is 20.4 Å². The standard InChI is InChI=1S/C4H6O6.Mg.Ti.2H/c5-1(3(7)8)2(6)4(9)10;;;;/h1-2,5-6H,(H,7,8)(H,9,10);;;;/q;+2;;2*-1. The number of aliphatic hydroxyl groups is 2. The van der Waals surface area contributed by atoms with E-state index in [1.165, 1.54) is 0 Å². The molecule has 0 aliphatic rings. The average Bonchev–Trinajstić information content (AvgIpc) is 1.84. The summed E-state index contributed by atoms with van der Waals surface area (Å²) in [4.78, 5) is 19.5. The molecule has 66 valence electrons. The van der Waals surface area contributed by atoms with Crippen LogP contribution in [0.4, 0.5) is 0 Å². The third kappa shape index (κ3) is 5.92. The minimum absolute atomic E-state index is 0. The first-order chi connectivity index (χ1) is 4.46. The number of hydrogen-bond acceptors (Lipinski definition) is 4. The molecule has 8 heteroatoms. The van der Waals surface area contributed by atoms with Gasteiger partial charge in [0, 0.05) is 21.7 Å². The minimum atomic E-state index is -2.27. The number of carboxylic acid groups (broad SMARTS) is 2. The first-order valence-electron chi connectivity index (χ1n) is 2.28. The van der Waals surface area contributed by atoms with Gasteiger partial charge in [0.25, 0.3) is 0 Å². The summed E-state index contributed by atoms with van der Waals surface area (Å²) in [6.07, 6.45) is -4.53. The maximum absolute atomic E-state index is 9.77. The second-order valence-electron chi connectivity index (χ2n) is 1.57. The van der Waals surface area contributed by atoms with E-state index < -0.39 is 24.1 Å². The monoisotopic (exact) mass is 224 g/mol. The summed E-state index contributed by atoms with van der Waals surface area (Å²) in [5.41, 5.74) is 0. The van der Waals surface area contributed by atoms with Crippen molar-refractivity contribution >= 4 is 35.0 Å². The van der Waals surface area contributed by atoms with Crippen LogP contribution < -0.4 is 0 Å². The van der Waals surface area contributed by atoms with E-state index in [2.05, 4.69) is 0 Å². The van der Waals surface area contributed by atoms with Gasteiger partial charge in [0.05, 0.1) is 0 Å². The zero-order valence-corrected chi connectivity index (χ0v) is 8.94. The van der Waals surface area contributed by atoms with Gasteiger partial charge in [-0.2, -0.15) is 0 Å². The number of hydrogen-bond donors (Lipinski definition) is 4. The molecule has 0 aliphatic carbocycles. The van der Waals surface area contributed by atoms with E-state index in [1.807, 2.05) is 0 Å². The largest absolute Gasteiger partial charge is 2.00 e. The van der Waals surface area contributed by atoms with Gasteiger partial charge in [-0.3, -0.25) is 0 Å². The zero-order chi connectivity index (χ0) is 8.31. The number of rotatable bonds is 3. The molecular formula is C4H8MgO6Ti. The molecule has 4 N–H and O–H groups in total. The molecule has 0 bridgehead atoms. The third-order valence-corrected chi connectivity index (χ3v) is 0.805. The van der Waals surface area contributed by atoms with Crippen LogP contribution in [0.1, 0.15) is 2.85 Å². The molecule has 0 amide bonds. The third-order valence-electron chi connectivity index (χ3n) is 0.805. The van der Waals surface area contributed by atoms with E-state index >= 15 is 0 Å². The summed E-state index contributed by atoms with van der Waals surface area (Å²) < 4.78 is 0. The Morgan fingerprint density at radius 3 is 1.25 bits per heavy atom. The van der Waals surface area contributed by atoms with Crippen LogP contribution in [-0.2, 0) is 31.3 Å². The first kappa shape index (κ1) is 18.2. The summed E-state index contributed by atoms with van der Waals surface area (Å²) >= 11 is 0. The normalized spacial score (nSPS) is 13.2. The Morgan fingerprint density at radius 1 is 1.00 bits per heavy atom. The van der Waals surface area contributed by atoms with Gasteiger partial charge in [-0.1, -0.05) is 0 Å². The Morgan fingerprint density at radius 2 is 1.17 bits per heavy atom. The van der Waals surface area contributed by atoms with Crippen molar-refractivity contribution in [3.05, 3.63) is 0 Å². The number of carbonyl (C=O) groups is 2. The molecule has 2 unspecified atom stereocenters. The van der Waals surface area contributed by atoms with E-state index in [9.17, 15) is 9.59 Å². The average molecular weight is 224 g/mol. The molecule has 0 aromatic carbocycles. The molecule has 0 heterocycles. The number of aliphatic carboxylic acids is 2. The van der Waals surface area contributed by atoms with Gasteiger partial charge in [-0.15, -0.1) is 0 Å². The maximum Gasteiger partial charge on any atom is 2.00 e. The van der Waals surface area contributed by atoms with Crippen LogP contribution in [0.2, 0.25) is 0 Å². The topological polar surface area (TPSA) is 115 Å². The van der Waals surface area contributed by atoms with E-state index in [0.717, 1.165) is 0 Å². The van der Waals surface area contributed by atoms with Gasteiger partial charge >= 0.3 is 35.0 Å². The zero-order valence-electron chi connectivity index (χ0n) is 7.97. The van der Waals surface area contributed by atoms with Crippen molar-refractivity contribution < 1.29 is 54.6 Å². The van der Waals surface area contributed by atoms with Crippen LogP contribution in [0.3, 0.4) is 0 Å². The molecule has 0 fully saturated rings. The van der Waals surface area contributed by atoms with Crippen LogP contribution in [-0.4, -0.2) is 67.6 Å². The molecule has 0 radical (unpaired) electrons. The summed E-state index contributed by atoms with van der Waals surface area (Å²) in [6.45, 7) is 0. The molecule has 0 aliphatic heterocycles. The van der Waals surface area contributed by atoms with Gasteiger partial charge in [0.1, 0.15) is 0 Å². The Balaban J connectivity index is -0.0000000675. The van der Waals surface area contributed by atoms with Crippen molar-refractivity contribution in [2.75, 3.05) is 0 Å². The SMILES string of the molecule is O=C(O)C(O)C(O)C(=O)O.[H-].[H-].[Mg+2].[Ti]. The summed E-state index contributed by atoms with van der Waals surface area (Å²) in [5, 5.41) is 32.5. The molecule has 6 nitrogen and oxygen atoms in total. The van der Waals surface area contributed by atoms with Crippen LogP contribution >= 0.6 is 0 Å². The van der Waals surface area contributed by atoms with Crippen LogP contribution in [0.25, 0.3) is 0 Å². The summed E-state index contributed by atoms with van der Waals surface area (Å²) in [5.74, 6) is -3.54. The molecule has 0 rings (SSSR count).